The SMILES string of the molecule is CC1CC(C(C)CCC=O)C(C)(C)C1C. The topological polar surface area (TPSA) is 17.1 Å². The van der Waals surface area contributed by atoms with Gasteiger partial charge >= 0.3 is 0 Å². The van der Waals surface area contributed by atoms with Crippen molar-refractivity contribution in [1.29, 1.82) is 0 Å². The number of carbonyl (C=O) groups excluding carboxylic acids is 1. The van der Waals surface area contributed by atoms with Crippen molar-refractivity contribution in [3.8, 4) is 0 Å². The zero-order chi connectivity index (χ0) is 11.6. The van der Waals surface area contributed by atoms with Crippen LogP contribution in [0.2, 0.25) is 0 Å². The van der Waals surface area contributed by atoms with Crippen molar-refractivity contribution in [3.63, 3.8) is 0 Å². The van der Waals surface area contributed by atoms with Crippen LogP contribution in [0.15, 0.2) is 0 Å². The zero-order valence-corrected chi connectivity index (χ0v) is 10.9. The summed E-state index contributed by atoms with van der Waals surface area (Å²) in [5.41, 5.74) is 0.446. The van der Waals surface area contributed by atoms with Gasteiger partial charge in [0, 0.05) is 6.42 Å². The third-order valence-electron chi connectivity index (χ3n) is 5.04. The highest BCUT2D eigenvalue weighted by Gasteiger charge is 2.46. The lowest BCUT2D eigenvalue weighted by Gasteiger charge is -2.35. The molecule has 0 radical (unpaired) electrons. The molecule has 1 fully saturated rings. The lowest BCUT2D eigenvalue weighted by atomic mass is 9.70. The zero-order valence-electron chi connectivity index (χ0n) is 10.9. The quantitative estimate of drug-likeness (QED) is 0.643. The average Bonchev–Trinajstić information content (AvgIpc) is 2.38. The van der Waals surface area contributed by atoms with E-state index in [1.165, 1.54) is 6.42 Å². The van der Waals surface area contributed by atoms with Gasteiger partial charge in [0.05, 0.1) is 0 Å². The first-order chi connectivity index (χ1) is 6.91. The number of hydrogen-bond acceptors (Lipinski definition) is 1. The molecule has 0 bridgehead atoms. The predicted molar refractivity (Wildman–Crippen MR) is 64.7 cm³/mol. The first kappa shape index (κ1) is 12.7. The predicted octanol–water partition coefficient (Wildman–Crippen LogP) is 3.92. The van der Waals surface area contributed by atoms with Gasteiger partial charge in [0.25, 0.3) is 0 Å². The monoisotopic (exact) mass is 210 g/mol. The van der Waals surface area contributed by atoms with Crippen molar-refractivity contribution in [3.05, 3.63) is 0 Å². The van der Waals surface area contributed by atoms with E-state index in [-0.39, 0.29) is 0 Å². The van der Waals surface area contributed by atoms with Crippen molar-refractivity contribution < 1.29 is 4.79 Å². The number of aldehydes is 1. The summed E-state index contributed by atoms with van der Waals surface area (Å²) in [5, 5.41) is 0. The summed E-state index contributed by atoms with van der Waals surface area (Å²) >= 11 is 0. The molecule has 0 amide bonds. The molecule has 0 N–H and O–H groups in total. The second-order valence-electron chi connectivity index (χ2n) is 6.15. The molecule has 1 heteroatoms. The van der Waals surface area contributed by atoms with E-state index in [1.54, 1.807) is 0 Å². The van der Waals surface area contributed by atoms with E-state index in [1.807, 2.05) is 0 Å². The molecule has 0 spiro atoms. The average molecular weight is 210 g/mol. The van der Waals surface area contributed by atoms with Gasteiger partial charge in [-0.05, 0) is 41.9 Å². The molecule has 1 saturated carbocycles. The highest BCUT2D eigenvalue weighted by Crippen LogP contribution is 2.53. The summed E-state index contributed by atoms with van der Waals surface area (Å²) in [5.74, 6) is 3.13. The Bertz CT molecular complexity index is 219. The molecule has 88 valence electrons. The van der Waals surface area contributed by atoms with Gasteiger partial charge in [0.1, 0.15) is 6.29 Å². The first-order valence-electron chi connectivity index (χ1n) is 6.34. The minimum Gasteiger partial charge on any atom is -0.303 e. The van der Waals surface area contributed by atoms with E-state index < -0.39 is 0 Å². The van der Waals surface area contributed by atoms with Crippen LogP contribution in [0.5, 0.6) is 0 Å². The van der Waals surface area contributed by atoms with Crippen LogP contribution in [0.3, 0.4) is 0 Å². The van der Waals surface area contributed by atoms with Crippen LogP contribution in [0.4, 0.5) is 0 Å². The Morgan fingerprint density at radius 2 is 2.00 bits per heavy atom. The maximum atomic E-state index is 10.4. The van der Waals surface area contributed by atoms with Gasteiger partial charge in [-0.2, -0.15) is 0 Å². The first-order valence-corrected chi connectivity index (χ1v) is 6.34. The smallest absolute Gasteiger partial charge is 0.120 e. The Morgan fingerprint density at radius 1 is 1.40 bits per heavy atom. The van der Waals surface area contributed by atoms with E-state index in [0.717, 1.165) is 36.9 Å². The van der Waals surface area contributed by atoms with Gasteiger partial charge in [-0.1, -0.05) is 34.6 Å². The largest absolute Gasteiger partial charge is 0.303 e. The Balaban J connectivity index is 2.65. The fraction of sp³-hybridized carbons (Fsp3) is 0.929. The van der Waals surface area contributed by atoms with Gasteiger partial charge in [-0.3, -0.25) is 0 Å². The van der Waals surface area contributed by atoms with Crippen molar-refractivity contribution >= 4 is 6.29 Å². The summed E-state index contributed by atoms with van der Waals surface area (Å²) < 4.78 is 0. The number of rotatable bonds is 4. The van der Waals surface area contributed by atoms with Gasteiger partial charge in [-0.15, -0.1) is 0 Å². The van der Waals surface area contributed by atoms with Crippen LogP contribution in [0.25, 0.3) is 0 Å². The fourth-order valence-electron chi connectivity index (χ4n) is 3.48. The Kier molecular flexibility index (Phi) is 3.97. The fourth-order valence-corrected chi connectivity index (χ4v) is 3.48. The molecular formula is C14H26O. The highest BCUT2D eigenvalue weighted by molar-refractivity contribution is 5.49. The van der Waals surface area contributed by atoms with Crippen LogP contribution < -0.4 is 0 Å². The molecule has 0 aliphatic heterocycles. The van der Waals surface area contributed by atoms with E-state index in [2.05, 4.69) is 34.6 Å². The van der Waals surface area contributed by atoms with Crippen molar-refractivity contribution in [1.82, 2.24) is 0 Å². The molecule has 0 aromatic carbocycles. The van der Waals surface area contributed by atoms with Crippen molar-refractivity contribution in [2.45, 2.75) is 53.9 Å². The molecule has 4 atom stereocenters. The Morgan fingerprint density at radius 3 is 2.40 bits per heavy atom. The lowest BCUT2D eigenvalue weighted by molar-refractivity contribution is -0.108. The summed E-state index contributed by atoms with van der Waals surface area (Å²) in [6.45, 7) is 11.9. The molecule has 0 saturated heterocycles. The number of carbonyl (C=O) groups is 1. The molecule has 0 aromatic rings. The molecule has 4 unspecified atom stereocenters. The van der Waals surface area contributed by atoms with Crippen LogP contribution in [-0.4, -0.2) is 6.29 Å². The van der Waals surface area contributed by atoms with Crippen LogP contribution in [0.1, 0.15) is 53.9 Å². The third-order valence-corrected chi connectivity index (χ3v) is 5.04. The minimum atomic E-state index is 0.446. The minimum absolute atomic E-state index is 0.446. The summed E-state index contributed by atoms with van der Waals surface area (Å²) in [4.78, 5) is 10.4. The van der Waals surface area contributed by atoms with Crippen molar-refractivity contribution in [2.24, 2.45) is 29.1 Å². The van der Waals surface area contributed by atoms with E-state index in [4.69, 9.17) is 0 Å². The number of hydrogen-bond donors (Lipinski definition) is 0. The molecule has 0 heterocycles. The van der Waals surface area contributed by atoms with Gasteiger partial charge in [0.2, 0.25) is 0 Å². The molecular weight excluding hydrogens is 184 g/mol. The Hall–Kier alpha value is -0.330. The van der Waals surface area contributed by atoms with Gasteiger partial charge in [0.15, 0.2) is 0 Å². The second-order valence-corrected chi connectivity index (χ2v) is 6.15. The molecule has 1 rings (SSSR count). The third kappa shape index (κ3) is 2.43. The molecule has 15 heavy (non-hydrogen) atoms. The van der Waals surface area contributed by atoms with Crippen LogP contribution in [0, 0.1) is 29.1 Å². The molecule has 0 aromatic heterocycles. The summed E-state index contributed by atoms with van der Waals surface area (Å²) in [6.07, 6.45) is 4.20. The molecule has 1 aliphatic carbocycles. The van der Waals surface area contributed by atoms with Gasteiger partial charge in [-0.25, -0.2) is 0 Å². The molecule has 1 aliphatic rings. The van der Waals surface area contributed by atoms with Crippen molar-refractivity contribution in [2.75, 3.05) is 0 Å². The normalized spacial score (nSPS) is 36.5. The van der Waals surface area contributed by atoms with Crippen LogP contribution >= 0.6 is 0 Å². The molecule has 1 nitrogen and oxygen atoms in total. The van der Waals surface area contributed by atoms with E-state index in [9.17, 15) is 4.79 Å². The maximum absolute atomic E-state index is 10.4. The lowest BCUT2D eigenvalue weighted by Crippen LogP contribution is -2.28. The highest BCUT2D eigenvalue weighted by atomic mass is 16.1. The van der Waals surface area contributed by atoms with Crippen LogP contribution in [-0.2, 0) is 4.79 Å². The second kappa shape index (κ2) is 4.67. The van der Waals surface area contributed by atoms with E-state index in [0.29, 0.717) is 11.3 Å². The maximum Gasteiger partial charge on any atom is 0.120 e. The standard InChI is InChI=1S/C14H26O/c1-10(7-6-8-15)13-9-11(2)12(3)14(13,4)5/h8,10-13H,6-7,9H2,1-5H3. The summed E-state index contributed by atoms with van der Waals surface area (Å²) in [6, 6.07) is 0. The van der Waals surface area contributed by atoms with Gasteiger partial charge < -0.3 is 4.79 Å². The Labute approximate surface area is 94.6 Å². The summed E-state index contributed by atoms with van der Waals surface area (Å²) in [7, 11) is 0. The van der Waals surface area contributed by atoms with E-state index >= 15 is 0 Å².